The molecule has 1 amide bonds. The second-order valence-corrected chi connectivity index (χ2v) is 6.88. The SMILES string of the molecule is CCOc1cc(C(=O)N2CCN(C)c3ccccc3C2)cc(OCC)c1OCC. The molecule has 1 aliphatic rings. The number of nitrogens with zero attached hydrogens (tertiary/aromatic N) is 2. The molecular weight excluding hydrogens is 368 g/mol. The van der Waals surface area contributed by atoms with E-state index >= 15 is 0 Å². The van der Waals surface area contributed by atoms with E-state index in [-0.39, 0.29) is 5.91 Å². The van der Waals surface area contributed by atoms with Crippen molar-refractivity contribution in [2.75, 3.05) is 44.9 Å². The van der Waals surface area contributed by atoms with Gasteiger partial charge in [-0.15, -0.1) is 0 Å². The second-order valence-electron chi connectivity index (χ2n) is 6.88. The Hall–Kier alpha value is -2.89. The van der Waals surface area contributed by atoms with Gasteiger partial charge in [-0.1, -0.05) is 18.2 Å². The molecule has 2 aromatic carbocycles. The summed E-state index contributed by atoms with van der Waals surface area (Å²) in [5.74, 6) is 1.58. The van der Waals surface area contributed by atoms with Gasteiger partial charge in [-0.2, -0.15) is 0 Å². The number of rotatable bonds is 7. The van der Waals surface area contributed by atoms with Gasteiger partial charge in [0.15, 0.2) is 11.5 Å². The predicted molar refractivity (Wildman–Crippen MR) is 114 cm³/mol. The smallest absolute Gasteiger partial charge is 0.254 e. The summed E-state index contributed by atoms with van der Waals surface area (Å²) in [6.45, 7) is 9.16. The van der Waals surface area contributed by atoms with Crippen LogP contribution in [0.25, 0.3) is 0 Å². The Labute approximate surface area is 173 Å². The Morgan fingerprint density at radius 2 is 1.55 bits per heavy atom. The minimum Gasteiger partial charge on any atom is -0.490 e. The van der Waals surface area contributed by atoms with Crippen molar-refractivity contribution in [2.45, 2.75) is 27.3 Å². The fraction of sp³-hybridized carbons (Fsp3) is 0.435. The highest BCUT2D eigenvalue weighted by Crippen LogP contribution is 2.39. The lowest BCUT2D eigenvalue weighted by Crippen LogP contribution is -2.34. The standard InChI is InChI=1S/C23H30N2O4/c1-5-27-20-14-18(15-21(28-6-2)22(20)29-7-3)23(26)25-13-12-24(4)19-11-9-8-10-17(19)16-25/h8-11,14-15H,5-7,12-13,16H2,1-4H3. The lowest BCUT2D eigenvalue weighted by atomic mass is 10.1. The van der Waals surface area contributed by atoms with E-state index in [0.29, 0.717) is 55.7 Å². The number of hydrogen-bond donors (Lipinski definition) is 0. The molecule has 0 spiro atoms. The van der Waals surface area contributed by atoms with Crippen LogP contribution in [0.2, 0.25) is 0 Å². The van der Waals surface area contributed by atoms with E-state index in [1.54, 1.807) is 12.1 Å². The first-order valence-corrected chi connectivity index (χ1v) is 10.2. The summed E-state index contributed by atoms with van der Waals surface area (Å²) in [5, 5.41) is 0. The van der Waals surface area contributed by atoms with Crippen LogP contribution >= 0.6 is 0 Å². The first-order chi connectivity index (χ1) is 14.1. The molecule has 156 valence electrons. The third-order valence-electron chi connectivity index (χ3n) is 4.91. The number of carbonyl (C=O) groups is 1. The van der Waals surface area contributed by atoms with Crippen molar-refractivity contribution in [3.05, 3.63) is 47.5 Å². The zero-order valence-corrected chi connectivity index (χ0v) is 17.7. The summed E-state index contributed by atoms with van der Waals surface area (Å²) in [5.41, 5.74) is 2.85. The van der Waals surface area contributed by atoms with E-state index in [4.69, 9.17) is 14.2 Å². The number of hydrogen-bond acceptors (Lipinski definition) is 5. The minimum atomic E-state index is -0.0416. The Morgan fingerprint density at radius 3 is 2.17 bits per heavy atom. The van der Waals surface area contributed by atoms with Gasteiger partial charge in [-0.25, -0.2) is 0 Å². The minimum absolute atomic E-state index is 0.0416. The molecule has 0 unspecified atom stereocenters. The maximum atomic E-state index is 13.4. The normalized spacial score (nSPS) is 13.5. The molecule has 6 heteroatoms. The number of anilines is 1. The summed E-state index contributed by atoms with van der Waals surface area (Å²) < 4.78 is 17.3. The average Bonchev–Trinajstić information content (AvgIpc) is 2.89. The highest BCUT2D eigenvalue weighted by atomic mass is 16.5. The van der Waals surface area contributed by atoms with Gasteiger partial charge in [-0.3, -0.25) is 4.79 Å². The molecule has 1 aliphatic heterocycles. The van der Waals surface area contributed by atoms with Crippen molar-refractivity contribution >= 4 is 11.6 Å². The number of benzene rings is 2. The van der Waals surface area contributed by atoms with Gasteiger partial charge in [0.1, 0.15) is 0 Å². The van der Waals surface area contributed by atoms with Crippen LogP contribution < -0.4 is 19.1 Å². The molecule has 6 nitrogen and oxygen atoms in total. The van der Waals surface area contributed by atoms with Gasteiger partial charge in [0.2, 0.25) is 5.75 Å². The summed E-state index contributed by atoms with van der Waals surface area (Å²) in [6.07, 6.45) is 0. The van der Waals surface area contributed by atoms with Gasteiger partial charge in [0.05, 0.1) is 19.8 Å². The fourth-order valence-electron chi connectivity index (χ4n) is 3.56. The van der Waals surface area contributed by atoms with Crippen molar-refractivity contribution in [3.8, 4) is 17.2 Å². The van der Waals surface area contributed by atoms with Gasteiger partial charge in [0.25, 0.3) is 5.91 Å². The number of ether oxygens (including phenoxy) is 3. The summed E-state index contributed by atoms with van der Waals surface area (Å²) in [4.78, 5) is 17.5. The maximum absolute atomic E-state index is 13.4. The van der Waals surface area contributed by atoms with Crippen LogP contribution in [-0.4, -0.2) is 50.8 Å². The molecule has 1 heterocycles. The first-order valence-electron chi connectivity index (χ1n) is 10.2. The molecule has 0 saturated carbocycles. The Balaban J connectivity index is 1.95. The highest BCUT2D eigenvalue weighted by Gasteiger charge is 2.25. The Morgan fingerprint density at radius 1 is 0.931 bits per heavy atom. The zero-order valence-electron chi connectivity index (χ0n) is 17.7. The van der Waals surface area contributed by atoms with Crippen LogP contribution in [0.4, 0.5) is 5.69 Å². The van der Waals surface area contributed by atoms with Crippen LogP contribution in [0.1, 0.15) is 36.7 Å². The topological polar surface area (TPSA) is 51.2 Å². The Bertz CT molecular complexity index is 826. The zero-order chi connectivity index (χ0) is 20.8. The van der Waals surface area contributed by atoms with E-state index < -0.39 is 0 Å². The van der Waals surface area contributed by atoms with Crippen LogP contribution in [0.3, 0.4) is 0 Å². The quantitative estimate of drug-likeness (QED) is 0.706. The number of amides is 1. The van der Waals surface area contributed by atoms with Crippen LogP contribution in [-0.2, 0) is 6.54 Å². The molecule has 29 heavy (non-hydrogen) atoms. The first kappa shape index (κ1) is 20.8. The maximum Gasteiger partial charge on any atom is 0.254 e. The van der Waals surface area contributed by atoms with Crippen LogP contribution in [0.15, 0.2) is 36.4 Å². The van der Waals surface area contributed by atoms with Gasteiger partial charge in [0, 0.05) is 37.9 Å². The van der Waals surface area contributed by atoms with Gasteiger partial charge < -0.3 is 24.0 Å². The number of para-hydroxylation sites is 1. The molecule has 0 fully saturated rings. The molecule has 0 aliphatic carbocycles. The molecule has 0 bridgehead atoms. The van der Waals surface area contributed by atoms with Crippen LogP contribution in [0.5, 0.6) is 17.2 Å². The van der Waals surface area contributed by atoms with E-state index in [0.717, 1.165) is 12.1 Å². The molecule has 0 saturated heterocycles. The average molecular weight is 399 g/mol. The van der Waals surface area contributed by atoms with Crippen molar-refractivity contribution in [1.82, 2.24) is 4.90 Å². The van der Waals surface area contributed by atoms with Crippen molar-refractivity contribution in [1.29, 1.82) is 0 Å². The van der Waals surface area contributed by atoms with Gasteiger partial charge in [-0.05, 0) is 44.5 Å². The lowest BCUT2D eigenvalue weighted by Gasteiger charge is -2.23. The fourth-order valence-corrected chi connectivity index (χ4v) is 3.56. The number of carbonyl (C=O) groups excluding carboxylic acids is 1. The van der Waals surface area contributed by atoms with E-state index in [9.17, 15) is 4.79 Å². The molecular formula is C23H30N2O4. The molecule has 0 radical (unpaired) electrons. The van der Waals surface area contributed by atoms with Crippen molar-refractivity contribution in [2.24, 2.45) is 0 Å². The number of fused-ring (bicyclic) bond motifs is 1. The molecule has 0 atom stereocenters. The van der Waals surface area contributed by atoms with E-state index in [1.807, 2.05) is 37.8 Å². The van der Waals surface area contributed by atoms with E-state index in [1.165, 1.54) is 5.69 Å². The largest absolute Gasteiger partial charge is 0.490 e. The second kappa shape index (κ2) is 9.54. The highest BCUT2D eigenvalue weighted by molar-refractivity contribution is 5.96. The van der Waals surface area contributed by atoms with Crippen LogP contribution in [0, 0.1) is 0 Å². The lowest BCUT2D eigenvalue weighted by molar-refractivity contribution is 0.0750. The van der Waals surface area contributed by atoms with Gasteiger partial charge >= 0.3 is 0 Å². The summed E-state index contributed by atoms with van der Waals surface area (Å²) in [7, 11) is 2.06. The third-order valence-corrected chi connectivity index (χ3v) is 4.91. The molecule has 3 rings (SSSR count). The Kier molecular flexibility index (Phi) is 6.86. The number of likely N-dealkylation sites (N-methyl/N-ethyl adjacent to an activating group) is 1. The summed E-state index contributed by atoms with van der Waals surface area (Å²) >= 11 is 0. The van der Waals surface area contributed by atoms with Crippen molar-refractivity contribution < 1.29 is 19.0 Å². The van der Waals surface area contributed by atoms with Crippen molar-refractivity contribution in [3.63, 3.8) is 0 Å². The molecule has 0 aromatic heterocycles. The third kappa shape index (κ3) is 4.58. The van der Waals surface area contributed by atoms with E-state index in [2.05, 4.69) is 24.1 Å². The summed E-state index contributed by atoms with van der Waals surface area (Å²) in [6, 6.07) is 11.7. The molecule has 0 N–H and O–H groups in total. The predicted octanol–water partition coefficient (Wildman–Crippen LogP) is 3.97. The molecule has 2 aromatic rings. The monoisotopic (exact) mass is 398 g/mol.